The number of carbonyl (C=O) groups is 1. The van der Waals surface area contributed by atoms with Gasteiger partial charge < -0.3 is 19.1 Å². The second-order valence-corrected chi connectivity index (χ2v) is 9.51. The summed E-state index contributed by atoms with van der Waals surface area (Å²) in [5, 5.41) is 13.8. The molecule has 3 atom stereocenters. The molecule has 0 saturated carbocycles. The normalized spacial score (nSPS) is 18.9. The molecule has 1 aliphatic heterocycles. The fourth-order valence-electron chi connectivity index (χ4n) is 5.19. The number of pyridine rings is 1. The maximum Gasteiger partial charge on any atom is 1.00 e. The smallest absolute Gasteiger partial charge is 0.545 e. The fourth-order valence-corrected chi connectivity index (χ4v) is 5.19. The molecule has 2 aromatic heterocycles. The Hall–Kier alpha value is -3.19. The first-order valence-electron chi connectivity index (χ1n) is 12.1. The number of aromatic carboxylic acids is 1. The summed E-state index contributed by atoms with van der Waals surface area (Å²) in [7, 11) is 0. The number of carboxylic acid groups (broad SMARTS) is 1. The topological polar surface area (TPSA) is 87.8 Å². The van der Waals surface area contributed by atoms with Gasteiger partial charge in [0.05, 0.1) is 22.9 Å². The number of rotatable bonds is 5. The molecule has 0 fully saturated rings. The van der Waals surface area contributed by atoms with E-state index in [0.717, 1.165) is 34.1 Å². The van der Waals surface area contributed by atoms with Crippen LogP contribution in [-0.2, 0) is 0 Å². The summed E-state index contributed by atoms with van der Waals surface area (Å²) in [6.07, 6.45) is 8.97. The van der Waals surface area contributed by atoms with Crippen LogP contribution in [0.25, 0.3) is 33.3 Å². The molecule has 0 spiro atoms. The largest absolute Gasteiger partial charge is 1.00 e. The van der Waals surface area contributed by atoms with Crippen LogP contribution in [0.3, 0.4) is 0 Å². The van der Waals surface area contributed by atoms with Crippen LogP contribution in [0.1, 0.15) is 34.8 Å². The molecular weight excluding hydrogens is 475 g/mol. The zero-order chi connectivity index (χ0) is 25.0. The molecular formula is C30H25N2NaO4. The average molecular weight is 501 g/mol. The van der Waals surface area contributed by atoms with Crippen molar-refractivity contribution in [3.05, 3.63) is 83.0 Å². The minimum Gasteiger partial charge on any atom is -0.545 e. The van der Waals surface area contributed by atoms with Crippen molar-refractivity contribution in [2.75, 3.05) is 0 Å². The molecule has 0 amide bonds. The number of hydrogen-bond donors (Lipinski definition) is 0. The number of carbonyl (C=O) groups excluding carboxylic acids is 1. The molecule has 2 unspecified atom stereocenters. The number of nitrogens with zero attached hydrogens (tertiary/aromatic N) is 2. The van der Waals surface area contributed by atoms with Gasteiger partial charge in [-0.25, -0.2) is 4.98 Å². The molecule has 180 valence electrons. The quantitative estimate of drug-likeness (QED) is 0.393. The third-order valence-corrected chi connectivity index (χ3v) is 7.18. The van der Waals surface area contributed by atoms with E-state index < -0.39 is 5.97 Å². The molecule has 3 heterocycles. The van der Waals surface area contributed by atoms with E-state index in [-0.39, 0.29) is 47.3 Å². The van der Waals surface area contributed by atoms with E-state index in [1.807, 2.05) is 69.5 Å². The van der Waals surface area contributed by atoms with Gasteiger partial charge in [-0.15, -0.1) is 0 Å². The van der Waals surface area contributed by atoms with E-state index in [2.05, 4.69) is 17.1 Å². The minimum atomic E-state index is -1.29. The SMILES string of the molecule is Cc1c(-c2cc(C(=O)[O-])c3c(O[C@H](C)C4=CC5CC=NC5C=C4)ccc(C)c3n2)oc2ccccc12.[Na+]. The van der Waals surface area contributed by atoms with Crippen molar-refractivity contribution in [2.45, 2.75) is 39.3 Å². The van der Waals surface area contributed by atoms with Crippen molar-refractivity contribution in [1.82, 2.24) is 4.98 Å². The van der Waals surface area contributed by atoms with Gasteiger partial charge in [-0.05, 0) is 56.5 Å². The first kappa shape index (κ1) is 25.5. The molecule has 1 aliphatic carbocycles. The molecule has 2 aliphatic rings. The predicted octanol–water partition coefficient (Wildman–Crippen LogP) is 2.36. The van der Waals surface area contributed by atoms with Gasteiger partial charge in [0, 0.05) is 28.6 Å². The summed E-state index contributed by atoms with van der Waals surface area (Å²) >= 11 is 0. The van der Waals surface area contributed by atoms with E-state index in [9.17, 15) is 9.90 Å². The number of aliphatic imine (C=N–C) groups is 1. The number of furan rings is 1. The van der Waals surface area contributed by atoms with E-state index in [1.54, 1.807) is 0 Å². The number of ether oxygens (including phenoxy) is 1. The molecule has 37 heavy (non-hydrogen) atoms. The van der Waals surface area contributed by atoms with Crippen molar-refractivity contribution in [3.8, 4) is 17.2 Å². The maximum atomic E-state index is 12.4. The second-order valence-electron chi connectivity index (χ2n) is 9.51. The van der Waals surface area contributed by atoms with Gasteiger partial charge in [0.15, 0.2) is 5.76 Å². The maximum absolute atomic E-state index is 12.4. The Morgan fingerprint density at radius 2 is 2.00 bits per heavy atom. The molecule has 6 nitrogen and oxygen atoms in total. The van der Waals surface area contributed by atoms with Crippen molar-refractivity contribution >= 4 is 34.1 Å². The standard InChI is InChI=1S/C30H26N2O4.Na/c1-16-8-11-26(35-18(3)19-9-10-23-20(14-19)12-13-31-23)27-22(30(33)34)15-24(32-28(16)27)29-17(2)21-6-4-5-7-25(21)36-29;/h4-11,13-15,18,20,23H,12H2,1-3H3,(H,33,34);/q;+1/p-1/t18-,20?,23?;/m1./s1. The van der Waals surface area contributed by atoms with Crippen LogP contribution in [0.15, 0.2) is 75.7 Å². The average Bonchev–Trinajstić information content (AvgIpc) is 3.49. The van der Waals surface area contributed by atoms with Gasteiger partial charge >= 0.3 is 29.6 Å². The van der Waals surface area contributed by atoms with Crippen LogP contribution in [0, 0.1) is 19.8 Å². The number of aryl methyl sites for hydroxylation is 2. The van der Waals surface area contributed by atoms with Crippen LogP contribution >= 0.6 is 0 Å². The van der Waals surface area contributed by atoms with E-state index in [1.165, 1.54) is 6.07 Å². The molecule has 2 aromatic carbocycles. The Balaban J connectivity index is 0.00000280. The first-order valence-corrected chi connectivity index (χ1v) is 12.1. The van der Waals surface area contributed by atoms with Gasteiger partial charge in [0.25, 0.3) is 0 Å². The summed E-state index contributed by atoms with van der Waals surface area (Å²) in [6, 6.07) is 13.2. The second kappa shape index (κ2) is 9.93. The summed E-state index contributed by atoms with van der Waals surface area (Å²) in [6.45, 7) is 5.82. The van der Waals surface area contributed by atoms with Crippen molar-refractivity contribution in [2.24, 2.45) is 10.9 Å². The minimum absolute atomic E-state index is 0. The molecule has 0 saturated heterocycles. The molecule has 6 rings (SSSR count). The summed E-state index contributed by atoms with van der Waals surface area (Å²) < 4.78 is 12.4. The van der Waals surface area contributed by atoms with Crippen LogP contribution < -0.4 is 39.4 Å². The molecule has 0 N–H and O–H groups in total. The Labute approximate surface area is 237 Å². The van der Waals surface area contributed by atoms with Crippen molar-refractivity contribution in [1.29, 1.82) is 0 Å². The van der Waals surface area contributed by atoms with Gasteiger partial charge in [0.1, 0.15) is 23.1 Å². The van der Waals surface area contributed by atoms with E-state index in [0.29, 0.717) is 34.0 Å². The Bertz CT molecular complexity index is 1630. The predicted molar refractivity (Wildman–Crippen MR) is 138 cm³/mol. The number of benzene rings is 2. The third-order valence-electron chi connectivity index (χ3n) is 7.18. The van der Waals surface area contributed by atoms with Crippen LogP contribution in [0.2, 0.25) is 0 Å². The van der Waals surface area contributed by atoms with Gasteiger partial charge in [-0.3, -0.25) is 4.99 Å². The van der Waals surface area contributed by atoms with Gasteiger partial charge in [0.2, 0.25) is 0 Å². The number of aromatic nitrogens is 1. The van der Waals surface area contributed by atoms with Crippen LogP contribution in [-0.4, -0.2) is 29.3 Å². The fraction of sp³-hybridized carbons (Fsp3) is 0.233. The Morgan fingerprint density at radius 1 is 1.19 bits per heavy atom. The molecule has 4 aromatic rings. The third kappa shape index (κ3) is 4.43. The van der Waals surface area contributed by atoms with Crippen LogP contribution in [0.5, 0.6) is 5.75 Å². The summed E-state index contributed by atoms with van der Waals surface area (Å²) in [4.78, 5) is 21.7. The monoisotopic (exact) mass is 500 g/mol. The zero-order valence-electron chi connectivity index (χ0n) is 21.3. The van der Waals surface area contributed by atoms with E-state index in [4.69, 9.17) is 14.1 Å². The summed E-state index contributed by atoms with van der Waals surface area (Å²) in [5.74, 6) is 0.0661. The number of carboxylic acids is 1. The van der Waals surface area contributed by atoms with E-state index >= 15 is 0 Å². The zero-order valence-corrected chi connectivity index (χ0v) is 23.3. The Kier molecular flexibility index (Phi) is 6.84. The Morgan fingerprint density at radius 3 is 2.78 bits per heavy atom. The number of para-hydroxylation sites is 1. The molecule has 0 bridgehead atoms. The number of fused-ring (bicyclic) bond motifs is 3. The number of hydrogen-bond acceptors (Lipinski definition) is 6. The van der Waals surface area contributed by atoms with Gasteiger partial charge in [-0.2, -0.15) is 0 Å². The van der Waals surface area contributed by atoms with Crippen molar-refractivity contribution < 1.29 is 48.6 Å². The summed E-state index contributed by atoms with van der Waals surface area (Å²) in [5.41, 5.74) is 4.55. The molecule has 7 heteroatoms. The first-order chi connectivity index (χ1) is 17.4. The molecule has 0 radical (unpaired) electrons. The van der Waals surface area contributed by atoms with Gasteiger partial charge in [-0.1, -0.05) is 42.5 Å². The van der Waals surface area contributed by atoms with Crippen LogP contribution in [0.4, 0.5) is 0 Å². The van der Waals surface area contributed by atoms with Crippen molar-refractivity contribution in [3.63, 3.8) is 0 Å².